The summed E-state index contributed by atoms with van der Waals surface area (Å²) >= 11 is 5.85. The second-order valence-corrected chi connectivity index (χ2v) is 4.31. The third-order valence-corrected chi connectivity index (χ3v) is 2.80. The Morgan fingerprint density at radius 3 is 2.95 bits per heavy atom. The van der Waals surface area contributed by atoms with Gasteiger partial charge in [-0.2, -0.15) is 4.57 Å². The smallest absolute Gasteiger partial charge is 0.408 e. The lowest BCUT2D eigenvalue weighted by molar-refractivity contribution is 0.201. The molecule has 2 aromatic heterocycles. The van der Waals surface area contributed by atoms with E-state index in [1.807, 2.05) is 0 Å². The summed E-state index contributed by atoms with van der Waals surface area (Å²) in [6, 6.07) is 7.67. The highest BCUT2D eigenvalue weighted by molar-refractivity contribution is 6.31. The Kier molecular flexibility index (Phi) is 3.00. The third kappa shape index (κ3) is 2.17. The molecular formula is C13H7ClN2O4. The van der Waals surface area contributed by atoms with Crippen molar-refractivity contribution < 1.29 is 13.9 Å². The number of pyridine rings is 1. The predicted octanol–water partition coefficient (Wildman–Crippen LogP) is 2.69. The maximum absolute atomic E-state index is 12.0. The van der Waals surface area contributed by atoms with Crippen LogP contribution in [0, 0.1) is 0 Å². The summed E-state index contributed by atoms with van der Waals surface area (Å²) in [5.41, 5.74) is 0.499. The molecule has 0 spiro atoms. The molecule has 3 rings (SSSR count). The second kappa shape index (κ2) is 4.82. The summed E-state index contributed by atoms with van der Waals surface area (Å²) in [6.07, 6.45) is 2.01. The van der Waals surface area contributed by atoms with Gasteiger partial charge in [-0.25, -0.2) is 9.59 Å². The van der Waals surface area contributed by atoms with Crippen LogP contribution in [0.1, 0.15) is 0 Å². The Labute approximate surface area is 117 Å². The van der Waals surface area contributed by atoms with Crippen molar-refractivity contribution in [2.24, 2.45) is 0 Å². The fourth-order valence-electron chi connectivity index (χ4n) is 1.72. The fraction of sp³-hybridized carbons (Fsp3) is 0. The van der Waals surface area contributed by atoms with E-state index in [4.69, 9.17) is 20.8 Å². The van der Waals surface area contributed by atoms with Gasteiger partial charge in [0.1, 0.15) is 5.52 Å². The van der Waals surface area contributed by atoms with Crippen molar-refractivity contribution >= 4 is 28.8 Å². The van der Waals surface area contributed by atoms with Crippen LogP contribution in [-0.2, 0) is 0 Å². The first kappa shape index (κ1) is 12.4. The lowest BCUT2D eigenvalue weighted by Crippen LogP contribution is -2.26. The van der Waals surface area contributed by atoms with E-state index in [2.05, 4.69) is 4.98 Å². The molecule has 0 atom stereocenters. The van der Waals surface area contributed by atoms with Crippen LogP contribution in [0.2, 0.25) is 5.02 Å². The minimum Gasteiger partial charge on any atom is -0.408 e. The molecule has 7 heteroatoms. The SMILES string of the molecule is O=C(Oc1cccnc1)n1c(=O)oc2ccc(Cl)cc21. The first-order valence-corrected chi connectivity index (χ1v) is 5.96. The first-order chi connectivity index (χ1) is 9.65. The Morgan fingerprint density at radius 1 is 1.35 bits per heavy atom. The molecule has 0 N–H and O–H groups in total. The monoisotopic (exact) mass is 290 g/mol. The van der Waals surface area contributed by atoms with Crippen molar-refractivity contribution in [2.45, 2.75) is 0 Å². The first-order valence-electron chi connectivity index (χ1n) is 5.58. The molecule has 0 aliphatic rings. The molecule has 0 saturated heterocycles. The second-order valence-electron chi connectivity index (χ2n) is 3.87. The van der Waals surface area contributed by atoms with Crippen LogP contribution in [0.15, 0.2) is 51.9 Å². The average molecular weight is 291 g/mol. The average Bonchev–Trinajstić information content (AvgIpc) is 2.75. The lowest BCUT2D eigenvalue weighted by Gasteiger charge is -2.03. The van der Waals surface area contributed by atoms with Gasteiger partial charge in [0.05, 0.1) is 6.20 Å². The van der Waals surface area contributed by atoms with Gasteiger partial charge in [0.15, 0.2) is 11.3 Å². The number of fused-ring (bicyclic) bond motifs is 1. The standard InChI is InChI=1S/C13H7ClN2O4/c14-8-3-4-11-10(6-8)16(13(18)20-11)12(17)19-9-2-1-5-15-7-9/h1-7H. The van der Waals surface area contributed by atoms with E-state index in [1.165, 1.54) is 24.5 Å². The van der Waals surface area contributed by atoms with Crippen molar-refractivity contribution in [3.05, 3.63) is 58.3 Å². The lowest BCUT2D eigenvalue weighted by atomic mass is 10.3. The molecule has 0 bridgehead atoms. The van der Waals surface area contributed by atoms with Crippen molar-refractivity contribution in [3.8, 4) is 5.75 Å². The molecule has 100 valence electrons. The Hall–Kier alpha value is -2.60. The number of ether oxygens (including phenoxy) is 1. The van der Waals surface area contributed by atoms with E-state index in [1.54, 1.807) is 18.2 Å². The van der Waals surface area contributed by atoms with Gasteiger partial charge in [0.2, 0.25) is 0 Å². The molecule has 0 aliphatic heterocycles. The molecule has 6 nitrogen and oxygen atoms in total. The van der Waals surface area contributed by atoms with Crippen LogP contribution in [0.5, 0.6) is 5.75 Å². The normalized spacial score (nSPS) is 10.7. The van der Waals surface area contributed by atoms with E-state index >= 15 is 0 Å². The number of hydrogen-bond acceptors (Lipinski definition) is 5. The van der Waals surface area contributed by atoms with Crippen molar-refractivity contribution in [3.63, 3.8) is 0 Å². The zero-order valence-electron chi connectivity index (χ0n) is 9.95. The number of oxazole rings is 1. The van der Waals surface area contributed by atoms with E-state index in [-0.39, 0.29) is 16.8 Å². The molecule has 1 aromatic carbocycles. The molecule has 0 saturated carbocycles. The third-order valence-electron chi connectivity index (χ3n) is 2.56. The quantitative estimate of drug-likeness (QED) is 0.689. The minimum atomic E-state index is -0.885. The maximum atomic E-state index is 12.0. The number of benzene rings is 1. The zero-order valence-corrected chi connectivity index (χ0v) is 10.7. The van der Waals surface area contributed by atoms with Gasteiger partial charge < -0.3 is 9.15 Å². The molecule has 2 heterocycles. The van der Waals surface area contributed by atoms with Crippen LogP contribution in [0.3, 0.4) is 0 Å². The maximum Gasteiger partial charge on any atom is 0.429 e. The molecule has 0 fully saturated rings. The number of hydrogen-bond donors (Lipinski definition) is 0. The molecule has 0 unspecified atom stereocenters. The van der Waals surface area contributed by atoms with Gasteiger partial charge in [-0.1, -0.05) is 11.6 Å². The van der Waals surface area contributed by atoms with Gasteiger partial charge in [0.25, 0.3) is 0 Å². The number of rotatable bonds is 1. The summed E-state index contributed by atoms with van der Waals surface area (Å²) in [6.45, 7) is 0. The van der Waals surface area contributed by atoms with Gasteiger partial charge in [-0.15, -0.1) is 0 Å². The molecule has 0 radical (unpaired) electrons. The number of aromatic nitrogens is 2. The Bertz CT molecular complexity index is 838. The number of halogens is 1. The van der Waals surface area contributed by atoms with Crippen LogP contribution in [0.25, 0.3) is 11.1 Å². The summed E-state index contributed by atoms with van der Waals surface area (Å²) in [5.74, 6) is -0.614. The molecule has 0 aliphatic carbocycles. The number of nitrogens with zero attached hydrogens (tertiary/aromatic N) is 2. The predicted molar refractivity (Wildman–Crippen MR) is 71.1 cm³/mol. The summed E-state index contributed by atoms with van der Waals surface area (Å²) in [4.78, 5) is 27.6. The highest BCUT2D eigenvalue weighted by Gasteiger charge is 2.18. The number of carbonyl (C=O) groups excluding carboxylic acids is 1. The van der Waals surface area contributed by atoms with Gasteiger partial charge in [-0.05, 0) is 30.3 Å². The summed E-state index contributed by atoms with van der Waals surface area (Å²) in [5, 5.41) is 0.376. The van der Waals surface area contributed by atoms with Gasteiger partial charge >= 0.3 is 11.8 Å². The molecule has 0 amide bonds. The molecular weight excluding hydrogens is 284 g/mol. The summed E-state index contributed by atoms with van der Waals surface area (Å²) < 4.78 is 10.8. The Balaban J connectivity index is 2.05. The number of carbonyl (C=O) groups is 1. The highest BCUT2D eigenvalue weighted by atomic mass is 35.5. The molecule has 20 heavy (non-hydrogen) atoms. The minimum absolute atomic E-state index is 0.223. The summed E-state index contributed by atoms with van der Waals surface area (Å²) in [7, 11) is 0. The Morgan fingerprint density at radius 2 is 2.20 bits per heavy atom. The van der Waals surface area contributed by atoms with Crippen LogP contribution in [0.4, 0.5) is 4.79 Å². The van der Waals surface area contributed by atoms with Crippen LogP contribution >= 0.6 is 11.6 Å². The van der Waals surface area contributed by atoms with Crippen molar-refractivity contribution in [1.82, 2.24) is 9.55 Å². The van der Waals surface area contributed by atoms with E-state index < -0.39 is 11.8 Å². The largest absolute Gasteiger partial charge is 0.429 e. The van der Waals surface area contributed by atoms with E-state index in [9.17, 15) is 9.59 Å². The zero-order chi connectivity index (χ0) is 14.1. The van der Waals surface area contributed by atoms with Gasteiger partial charge in [-0.3, -0.25) is 4.98 Å². The van der Waals surface area contributed by atoms with Crippen LogP contribution < -0.4 is 10.5 Å². The van der Waals surface area contributed by atoms with Crippen LogP contribution in [-0.4, -0.2) is 15.6 Å². The highest BCUT2D eigenvalue weighted by Crippen LogP contribution is 2.19. The molecule has 3 aromatic rings. The van der Waals surface area contributed by atoms with E-state index in [0.29, 0.717) is 5.02 Å². The van der Waals surface area contributed by atoms with Gasteiger partial charge in [0, 0.05) is 11.2 Å². The van der Waals surface area contributed by atoms with E-state index in [0.717, 1.165) is 4.57 Å². The van der Waals surface area contributed by atoms with Crippen molar-refractivity contribution in [2.75, 3.05) is 0 Å². The topological polar surface area (TPSA) is 74.3 Å². The van der Waals surface area contributed by atoms with Crippen molar-refractivity contribution in [1.29, 1.82) is 0 Å². The fourth-order valence-corrected chi connectivity index (χ4v) is 1.88.